The predicted molar refractivity (Wildman–Crippen MR) is 130 cm³/mol. The number of hydrogen-bond donors (Lipinski definition) is 1. The molecule has 3 aromatic rings. The van der Waals surface area contributed by atoms with Crippen LogP contribution >= 0.6 is 0 Å². The van der Waals surface area contributed by atoms with Crippen molar-refractivity contribution in [2.24, 2.45) is 0 Å². The summed E-state index contributed by atoms with van der Waals surface area (Å²) in [5.74, 6) is 3.13. The summed E-state index contributed by atoms with van der Waals surface area (Å²) in [7, 11) is 1.59. The second-order valence-electron chi connectivity index (χ2n) is 8.89. The summed E-state index contributed by atoms with van der Waals surface area (Å²) in [4.78, 5) is 15.2. The van der Waals surface area contributed by atoms with Crippen LogP contribution in [0.25, 0.3) is 0 Å². The second-order valence-corrected chi connectivity index (χ2v) is 8.89. The van der Waals surface area contributed by atoms with E-state index < -0.39 is 0 Å². The molecule has 4 rings (SSSR count). The van der Waals surface area contributed by atoms with Gasteiger partial charge in [0.1, 0.15) is 17.3 Å². The monoisotopic (exact) mass is 463 g/mol. The molecule has 0 radical (unpaired) electrons. The van der Waals surface area contributed by atoms with Gasteiger partial charge in [-0.2, -0.15) is 0 Å². The van der Waals surface area contributed by atoms with Crippen LogP contribution in [0.2, 0.25) is 0 Å². The number of carbonyl (C=O) groups excluding carboxylic acids is 1. The van der Waals surface area contributed by atoms with E-state index in [1.807, 2.05) is 39.0 Å². The average Bonchev–Trinajstić information content (AvgIpc) is 3.14. The molecule has 2 heterocycles. The molecule has 0 fully saturated rings. The zero-order valence-corrected chi connectivity index (χ0v) is 20.3. The number of carbonyl (C=O) groups is 1. The van der Waals surface area contributed by atoms with Crippen molar-refractivity contribution in [1.29, 1.82) is 0 Å². The molecule has 2 aromatic carbocycles. The zero-order valence-electron chi connectivity index (χ0n) is 20.3. The third-order valence-corrected chi connectivity index (χ3v) is 5.92. The number of ether oxygens (including phenoxy) is 2. The first-order valence-electron chi connectivity index (χ1n) is 11.8. The molecule has 8 nitrogen and oxygen atoms in total. The van der Waals surface area contributed by atoms with Crippen LogP contribution in [0.5, 0.6) is 11.5 Å². The molecular formula is C26H33N5O3. The molecule has 1 aliphatic heterocycles. The van der Waals surface area contributed by atoms with Crippen LogP contribution in [0, 0.1) is 0 Å². The van der Waals surface area contributed by atoms with E-state index in [1.165, 1.54) is 5.56 Å². The van der Waals surface area contributed by atoms with Crippen LogP contribution in [0.3, 0.4) is 0 Å². The highest BCUT2D eigenvalue weighted by Crippen LogP contribution is 2.20. The smallest absolute Gasteiger partial charge is 0.251 e. The highest BCUT2D eigenvalue weighted by atomic mass is 16.5. The van der Waals surface area contributed by atoms with Gasteiger partial charge in [-0.05, 0) is 56.7 Å². The van der Waals surface area contributed by atoms with E-state index in [2.05, 4.69) is 37.1 Å². The summed E-state index contributed by atoms with van der Waals surface area (Å²) in [6.45, 7) is 9.46. The van der Waals surface area contributed by atoms with Gasteiger partial charge in [0.25, 0.3) is 5.91 Å². The van der Waals surface area contributed by atoms with E-state index in [-0.39, 0.29) is 18.1 Å². The minimum Gasteiger partial charge on any atom is -0.497 e. The van der Waals surface area contributed by atoms with E-state index in [1.54, 1.807) is 25.3 Å². The van der Waals surface area contributed by atoms with Gasteiger partial charge in [0.15, 0.2) is 5.82 Å². The fourth-order valence-corrected chi connectivity index (χ4v) is 4.18. The van der Waals surface area contributed by atoms with E-state index in [0.717, 1.165) is 50.0 Å². The lowest BCUT2D eigenvalue weighted by Gasteiger charge is -2.20. The van der Waals surface area contributed by atoms with Gasteiger partial charge < -0.3 is 19.4 Å². The number of aromatic nitrogens is 3. The minimum absolute atomic E-state index is 0.163. The van der Waals surface area contributed by atoms with Crippen LogP contribution < -0.4 is 14.8 Å². The molecule has 8 heteroatoms. The number of nitrogens with zero attached hydrogens (tertiary/aromatic N) is 4. The van der Waals surface area contributed by atoms with Crippen molar-refractivity contribution in [3.63, 3.8) is 0 Å². The zero-order chi connectivity index (χ0) is 24.1. The van der Waals surface area contributed by atoms with Crippen LogP contribution in [-0.2, 0) is 19.5 Å². The molecule has 0 spiro atoms. The Balaban J connectivity index is 1.37. The normalized spacial score (nSPS) is 14.9. The molecule has 0 unspecified atom stereocenters. The van der Waals surface area contributed by atoms with Gasteiger partial charge in [-0.3, -0.25) is 9.69 Å². The number of benzene rings is 2. The second kappa shape index (κ2) is 10.7. The maximum atomic E-state index is 12.8. The van der Waals surface area contributed by atoms with Gasteiger partial charge in [0, 0.05) is 38.2 Å². The van der Waals surface area contributed by atoms with Gasteiger partial charge >= 0.3 is 0 Å². The Morgan fingerprint density at radius 2 is 1.82 bits per heavy atom. The quantitative estimate of drug-likeness (QED) is 0.550. The molecule has 1 aliphatic rings. The SMILES string of the molecule is COc1cccc(C(=O)N[C@H](C)c2nnc3n2CCN(Cc2ccc(OC(C)C)cc2)CC3)c1. The van der Waals surface area contributed by atoms with Crippen molar-refractivity contribution < 1.29 is 14.3 Å². The fourth-order valence-electron chi connectivity index (χ4n) is 4.18. The molecule has 0 saturated heterocycles. The minimum atomic E-state index is -0.264. The lowest BCUT2D eigenvalue weighted by molar-refractivity contribution is 0.0937. The first-order valence-corrected chi connectivity index (χ1v) is 11.8. The summed E-state index contributed by atoms with van der Waals surface area (Å²) in [5, 5.41) is 11.9. The van der Waals surface area contributed by atoms with Crippen molar-refractivity contribution in [3.05, 3.63) is 71.3 Å². The van der Waals surface area contributed by atoms with E-state index in [9.17, 15) is 4.79 Å². The van der Waals surface area contributed by atoms with Gasteiger partial charge in [-0.15, -0.1) is 10.2 Å². The molecule has 180 valence electrons. The fraction of sp³-hybridized carbons (Fsp3) is 0.423. The third-order valence-electron chi connectivity index (χ3n) is 5.92. The maximum Gasteiger partial charge on any atom is 0.251 e. The van der Waals surface area contributed by atoms with Gasteiger partial charge in [0.2, 0.25) is 0 Å². The van der Waals surface area contributed by atoms with E-state index in [0.29, 0.717) is 11.3 Å². The Bertz CT molecular complexity index is 1110. The largest absolute Gasteiger partial charge is 0.497 e. The van der Waals surface area contributed by atoms with Crippen molar-refractivity contribution in [2.45, 2.75) is 52.4 Å². The van der Waals surface area contributed by atoms with Crippen molar-refractivity contribution in [2.75, 3.05) is 20.2 Å². The molecule has 0 aliphatic carbocycles. The number of amides is 1. The predicted octanol–water partition coefficient (Wildman–Crippen LogP) is 3.62. The first-order chi connectivity index (χ1) is 16.4. The van der Waals surface area contributed by atoms with Crippen LogP contribution in [0.15, 0.2) is 48.5 Å². The summed E-state index contributed by atoms with van der Waals surface area (Å²) >= 11 is 0. The highest BCUT2D eigenvalue weighted by Gasteiger charge is 2.23. The summed E-state index contributed by atoms with van der Waals surface area (Å²) < 4.78 is 13.1. The van der Waals surface area contributed by atoms with Crippen LogP contribution in [0.1, 0.15) is 54.4 Å². The van der Waals surface area contributed by atoms with Gasteiger partial charge in [-0.1, -0.05) is 18.2 Å². The molecule has 34 heavy (non-hydrogen) atoms. The number of hydrogen-bond acceptors (Lipinski definition) is 6. The third kappa shape index (κ3) is 5.75. The average molecular weight is 464 g/mol. The molecule has 0 saturated carbocycles. The molecule has 1 amide bonds. The standard InChI is InChI=1S/C26H33N5O3/c1-18(2)34-22-10-8-20(9-11-22)17-30-13-12-24-28-29-25(31(24)15-14-30)19(3)27-26(32)21-6-5-7-23(16-21)33-4/h5-11,16,18-19H,12-15,17H2,1-4H3,(H,27,32)/t19-/m1/s1. The summed E-state index contributed by atoms with van der Waals surface area (Å²) in [6, 6.07) is 15.2. The first kappa shape index (κ1) is 23.8. The number of fused-ring (bicyclic) bond motifs is 1. The summed E-state index contributed by atoms with van der Waals surface area (Å²) in [6.07, 6.45) is 0.988. The lowest BCUT2D eigenvalue weighted by atomic mass is 10.2. The Hall–Kier alpha value is -3.39. The number of methoxy groups -OCH3 is 1. The Labute approximate surface area is 200 Å². The topological polar surface area (TPSA) is 81.5 Å². The van der Waals surface area contributed by atoms with E-state index in [4.69, 9.17) is 9.47 Å². The molecule has 0 bridgehead atoms. The van der Waals surface area contributed by atoms with E-state index >= 15 is 0 Å². The van der Waals surface area contributed by atoms with Crippen LogP contribution in [0.4, 0.5) is 0 Å². The van der Waals surface area contributed by atoms with Crippen molar-refractivity contribution in [1.82, 2.24) is 25.0 Å². The Morgan fingerprint density at radius 1 is 1.03 bits per heavy atom. The Kier molecular flexibility index (Phi) is 7.47. The van der Waals surface area contributed by atoms with Crippen molar-refractivity contribution in [3.8, 4) is 11.5 Å². The maximum absolute atomic E-state index is 12.8. The van der Waals surface area contributed by atoms with Gasteiger partial charge in [-0.25, -0.2) is 0 Å². The lowest BCUT2D eigenvalue weighted by Crippen LogP contribution is -2.30. The van der Waals surface area contributed by atoms with Crippen molar-refractivity contribution >= 4 is 5.91 Å². The summed E-state index contributed by atoms with van der Waals surface area (Å²) in [5.41, 5.74) is 1.81. The number of rotatable bonds is 8. The molecular weight excluding hydrogens is 430 g/mol. The molecule has 1 atom stereocenters. The highest BCUT2D eigenvalue weighted by molar-refractivity contribution is 5.94. The van der Waals surface area contributed by atoms with Gasteiger partial charge in [0.05, 0.1) is 19.3 Å². The number of nitrogens with one attached hydrogen (secondary N) is 1. The molecule has 1 aromatic heterocycles. The van der Waals surface area contributed by atoms with Crippen LogP contribution in [-0.4, -0.2) is 51.9 Å². The Morgan fingerprint density at radius 3 is 2.56 bits per heavy atom. The molecule has 1 N–H and O–H groups in total.